The molecule has 2 rings (SSSR count). The van der Waals surface area contributed by atoms with E-state index >= 15 is 0 Å². The van der Waals surface area contributed by atoms with Crippen LogP contribution in [-0.2, 0) is 12.8 Å². The molecule has 0 saturated carbocycles. The number of aromatic nitrogens is 3. The molecule has 108 valence electrons. The molecule has 0 radical (unpaired) electrons. The van der Waals surface area contributed by atoms with E-state index in [1.165, 1.54) is 0 Å². The van der Waals surface area contributed by atoms with Crippen molar-refractivity contribution < 1.29 is 0 Å². The molecule has 1 heterocycles. The zero-order chi connectivity index (χ0) is 14.6. The third kappa shape index (κ3) is 4.85. The molecule has 0 atom stereocenters. The zero-order valence-corrected chi connectivity index (χ0v) is 13.0. The van der Waals surface area contributed by atoms with E-state index in [0.717, 1.165) is 41.7 Å². The molecule has 5 heteroatoms. The van der Waals surface area contributed by atoms with Crippen molar-refractivity contribution in [2.45, 2.75) is 33.6 Å². The number of nitrogens with one attached hydrogen (secondary N) is 2. The normalized spacial score (nSPS) is 11.6. The van der Waals surface area contributed by atoms with Crippen molar-refractivity contribution in [2.24, 2.45) is 5.41 Å². The Bertz CT molecular complexity index is 540. The van der Waals surface area contributed by atoms with Crippen molar-refractivity contribution in [1.82, 2.24) is 15.2 Å². The van der Waals surface area contributed by atoms with E-state index in [1.807, 2.05) is 24.3 Å². The lowest BCUT2D eigenvalue weighted by atomic mass is 9.92. The molecular weight excluding hydrogens is 272 g/mol. The molecule has 20 heavy (non-hydrogen) atoms. The quantitative estimate of drug-likeness (QED) is 0.883. The van der Waals surface area contributed by atoms with Gasteiger partial charge in [0.15, 0.2) is 5.82 Å². The summed E-state index contributed by atoms with van der Waals surface area (Å²) in [7, 11) is 0. The van der Waals surface area contributed by atoms with Gasteiger partial charge in [-0.15, -0.1) is 0 Å². The van der Waals surface area contributed by atoms with Crippen LogP contribution in [0.3, 0.4) is 0 Å². The number of benzene rings is 1. The Morgan fingerprint density at radius 3 is 2.55 bits per heavy atom. The minimum absolute atomic E-state index is 0.221. The summed E-state index contributed by atoms with van der Waals surface area (Å²) in [6.45, 7) is 7.38. The average molecular weight is 293 g/mol. The van der Waals surface area contributed by atoms with Crippen molar-refractivity contribution in [1.29, 1.82) is 0 Å². The largest absolute Gasteiger partial charge is 0.385 e. The van der Waals surface area contributed by atoms with Crippen molar-refractivity contribution in [3.8, 4) is 0 Å². The van der Waals surface area contributed by atoms with Crippen molar-refractivity contribution in [3.63, 3.8) is 0 Å². The summed E-state index contributed by atoms with van der Waals surface area (Å²) in [6, 6.07) is 7.67. The minimum Gasteiger partial charge on any atom is -0.385 e. The van der Waals surface area contributed by atoms with E-state index in [0.29, 0.717) is 0 Å². The number of H-pyrrole nitrogens is 1. The number of rotatable bonds is 5. The first-order chi connectivity index (χ1) is 9.42. The first-order valence-corrected chi connectivity index (χ1v) is 7.20. The van der Waals surface area contributed by atoms with Gasteiger partial charge < -0.3 is 5.32 Å². The van der Waals surface area contributed by atoms with Gasteiger partial charge in [0.25, 0.3) is 0 Å². The number of anilines is 1. The SMILES string of the molecule is CC(C)(C)Cc1nc(CCNc2ccc(Cl)cc2)n[nH]1. The Hall–Kier alpha value is -1.55. The minimum atomic E-state index is 0.221. The third-order valence-corrected chi connectivity index (χ3v) is 3.05. The molecule has 0 saturated heterocycles. The van der Waals surface area contributed by atoms with Gasteiger partial charge in [0.2, 0.25) is 0 Å². The highest BCUT2D eigenvalue weighted by molar-refractivity contribution is 6.30. The lowest BCUT2D eigenvalue weighted by Crippen LogP contribution is -2.10. The van der Waals surface area contributed by atoms with E-state index in [9.17, 15) is 0 Å². The standard InChI is InChI=1S/C15H21ClN4/c1-15(2,3)10-14-18-13(19-20-14)8-9-17-12-6-4-11(16)5-7-12/h4-7,17H,8-10H2,1-3H3,(H,18,19,20). The fourth-order valence-electron chi connectivity index (χ4n) is 1.91. The van der Waals surface area contributed by atoms with Gasteiger partial charge in [-0.2, -0.15) is 5.10 Å². The van der Waals surface area contributed by atoms with Gasteiger partial charge in [-0.1, -0.05) is 32.4 Å². The van der Waals surface area contributed by atoms with Gasteiger partial charge in [-0.05, 0) is 29.7 Å². The van der Waals surface area contributed by atoms with E-state index in [4.69, 9.17) is 11.6 Å². The summed E-state index contributed by atoms with van der Waals surface area (Å²) in [6.07, 6.45) is 1.70. The van der Waals surface area contributed by atoms with E-state index in [-0.39, 0.29) is 5.41 Å². The highest BCUT2D eigenvalue weighted by atomic mass is 35.5. The molecule has 0 amide bonds. The van der Waals surface area contributed by atoms with E-state index < -0.39 is 0 Å². The van der Waals surface area contributed by atoms with Crippen LogP contribution in [0.15, 0.2) is 24.3 Å². The third-order valence-electron chi connectivity index (χ3n) is 2.80. The molecule has 0 aliphatic rings. The number of nitrogens with zero attached hydrogens (tertiary/aromatic N) is 2. The molecule has 0 aliphatic heterocycles. The molecule has 0 unspecified atom stereocenters. The second-order valence-corrected chi connectivity index (χ2v) is 6.56. The number of hydrogen-bond acceptors (Lipinski definition) is 3. The second-order valence-electron chi connectivity index (χ2n) is 6.12. The van der Waals surface area contributed by atoms with Crippen LogP contribution in [0.25, 0.3) is 0 Å². The highest BCUT2D eigenvalue weighted by Gasteiger charge is 2.14. The van der Waals surface area contributed by atoms with Crippen LogP contribution in [-0.4, -0.2) is 21.7 Å². The summed E-state index contributed by atoms with van der Waals surface area (Å²) in [5.74, 6) is 1.81. The molecule has 0 aliphatic carbocycles. The van der Waals surface area contributed by atoms with E-state index in [1.54, 1.807) is 0 Å². The van der Waals surface area contributed by atoms with Gasteiger partial charge in [0, 0.05) is 30.1 Å². The molecule has 1 aromatic carbocycles. The summed E-state index contributed by atoms with van der Waals surface area (Å²) in [5, 5.41) is 11.3. The predicted molar refractivity (Wildman–Crippen MR) is 83.2 cm³/mol. The monoisotopic (exact) mass is 292 g/mol. The van der Waals surface area contributed by atoms with Crippen LogP contribution in [0, 0.1) is 5.41 Å². The molecule has 0 spiro atoms. The Morgan fingerprint density at radius 1 is 1.20 bits per heavy atom. The zero-order valence-electron chi connectivity index (χ0n) is 12.2. The molecule has 2 N–H and O–H groups in total. The maximum atomic E-state index is 5.85. The Labute approximate surface area is 125 Å². The van der Waals surface area contributed by atoms with Gasteiger partial charge >= 0.3 is 0 Å². The average Bonchev–Trinajstić information content (AvgIpc) is 2.77. The summed E-state index contributed by atoms with van der Waals surface area (Å²) in [4.78, 5) is 4.51. The smallest absolute Gasteiger partial charge is 0.152 e. The molecule has 2 aromatic rings. The summed E-state index contributed by atoms with van der Waals surface area (Å²) >= 11 is 5.85. The number of halogens is 1. The molecule has 1 aromatic heterocycles. The number of aromatic amines is 1. The lowest BCUT2D eigenvalue weighted by Gasteiger charge is -2.15. The Morgan fingerprint density at radius 2 is 1.90 bits per heavy atom. The maximum Gasteiger partial charge on any atom is 0.152 e. The topological polar surface area (TPSA) is 53.6 Å². The first-order valence-electron chi connectivity index (χ1n) is 6.82. The van der Waals surface area contributed by atoms with Crippen LogP contribution >= 0.6 is 11.6 Å². The van der Waals surface area contributed by atoms with Crippen molar-refractivity contribution in [2.75, 3.05) is 11.9 Å². The fraction of sp³-hybridized carbons (Fsp3) is 0.467. The van der Waals surface area contributed by atoms with Crippen LogP contribution in [0.5, 0.6) is 0 Å². The molecule has 0 bridgehead atoms. The maximum absolute atomic E-state index is 5.85. The predicted octanol–water partition coefficient (Wildman–Crippen LogP) is 3.70. The Balaban J connectivity index is 1.81. The van der Waals surface area contributed by atoms with Crippen molar-refractivity contribution >= 4 is 17.3 Å². The number of hydrogen-bond donors (Lipinski definition) is 2. The van der Waals surface area contributed by atoms with Gasteiger partial charge in [0.05, 0.1) is 0 Å². The first kappa shape index (κ1) is 14.9. The van der Waals surface area contributed by atoms with E-state index in [2.05, 4.69) is 41.3 Å². The second kappa shape index (κ2) is 6.27. The van der Waals surface area contributed by atoms with Crippen LogP contribution < -0.4 is 5.32 Å². The van der Waals surface area contributed by atoms with Crippen LogP contribution in [0.1, 0.15) is 32.4 Å². The van der Waals surface area contributed by atoms with Crippen molar-refractivity contribution in [3.05, 3.63) is 40.9 Å². The van der Waals surface area contributed by atoms with Crippen LogP contribution in [0.4, 0.5) is 5.69 Å². The van der Waals surface area contributed by atoms with Gasteiger partial charge in [0.1, 0.15) is 5.82 Å². The summed E-state index contributed by atoms with van der Waals surface area (Å²) < 4.78 is 0. The summed E-state index contributed by atoms with van der Waals surface area (Å²) in [5.41, 5.74) is 1.28. The molecule has 4 nitrogen and oxygen atoms in total. The van der Waals surface area contributed by atoms with Crippen LogP contribution in [0.2, 0.25) is 5.02 Å². The van der Waals surface area contributed by atoms with Gasteiger partial charge in [-0.25, -0.2) is 4.98 Å². The molecular formula is C15H21ClN4. The molecule has 0 fully saturated rings. The Kier molecular flexibility index (Phi) is 4.65. The fourth-order valence-corrected chi connectivity index (χ4v) is 2.04. The lowest BCUT2D eigenvalue weighted by molar-refractivity contribution is 0.401. The highest BCUT2D eigenvalue weighted by Crippen LogP contribution is 2.18. The van der Waals surface area contributed by atoms with Gasteiger partial charge in [-0.3, -0.25) is 5.10 Å².